The Bertz CT molecular complexity index is 125. The molecule has 1 unspecified atom stereocenters. The van der Waals surface area contributed by atoms with E-state index in [1.807, 2.05) is 0 Å². The van der Waals surface area contributed by atoms with Crippen LogP contribution >= 0.6 is 0 Å². The van der Waals surface area contributed by atoms with Gasteiger partial charge >= 0.3 is 5.97 Å². The number of carbonyl (C=O) groups is 1. The van der Waals surface area contributed by atoms with Gasteiger partial charge in [-0.3, -0.25) is 4.79 Å². The summed E-state index contributed by atoms with van der Waals surface area (Å²) in [5.74, 6) is -1.26. The first-order chi connectivity index (χ1) is 4.16. The summed E-state index contributed by atoms with van der Waals surface area (Å²) in [7, 11) is 0. The molecule has 0 rings (SSSR count). The topological polar surface area (TPSA) is 69.9 Å². The number of halogens is 1. The first-order valence-electron chi connectivity index (χ1n) is 2.20. The lowest BCUT2D eigenvalue weighted by molar-refractivity contribution is -0.137. The lowest BCUT2D eigenvalue weighted by Gasteiger charge is -1.92. The van der Waals surface area contributed by atoms with Crippen LogP contribution in [0.5, 0.6) is 0 Å². The van der Waals surface area contributed by atoms with Crippen molar-refractivity contribution < 1.29 is 19.5 Å². The van der Waals surface area contributed by atoms with E-state index in [0.29, 0.717) is 6.21 Å². The highest BCUT2D eigenvalue weighted by Gasteiger charge is 2.07. The number of rotatable bonds is 3. The van der Waals surface area contributed by atoms with Crippen molar-refractivity contribution in [1.82, 2.24) is 0 Å². The van der Waals surface area contributed by atoms with Crippen molar-refractivity contribution in [3.63, 3.8) is 0 Å². The molecule has 0 radical (unpaired) electrons. The van der Waals surface area contributed by atoms with Crippen LogP contribution in [-0.4, -0.2) is 28.7 Å². The Morgan fingerprint density at radius 3 is 2.78 bits per heavy atom. The van der Waals surface area contributed by atoms with Gasteiger partial charge in [-0.25, -0.2) is 4.39 Å². The molecule has 0 aliphatic carbocycles. The molecule has 52 valence electrons. The van der Waals surface area contributed by atoms with Crippen molar-refractivity contribution >= 4 is 12.2 Å². The number of hydrogen-bond donors (Lipinski definition) is 2. The van der Waals surface area contributed by atoms with Crippen molar-refractivity contribution in [1.29, 1.82) is 0 Å². The van der Waals surface area contributed by atoms with Gasteiger partial charge in [0.2, 0.25) is 0 Å². The lowest BCUT2D eigenvalue weighted by Crippen LogP contribution is -2.08. The van der Waals surface area contributed by atoms with Gasteiger partial charge in [-0.1, -0.05) is 5.16 Å². The molecule has 1 atom stereocenters. The molecule has 0 heterocycles. The second kappa shape index (κ2) is 3.82. The van der Waals surface area contributed by atoms with Crippen LogP contribution < -0.4 is 0 Å². The molecule has 4 nitrogen and oxygen atoms in total. The minimum absolute atomic E-state index is 0.522. The van der Waals surface area contributed by atoms with E-state index in [-0.39, 0.29) is 0 Å². The first-order valence-corrected chi connectivity index (χ1v) is 2.20. The zero-order valence-electron chi connectivity index (χ0n) is 4.49. The van der Waals surface area contributed by atoms with E-state index in [1.165, 1.54) is 0 Å². The van der Waals surface area contributed by atoms with E-state index in [1.54, 1.807) is 0 Å². The molecular weight excluding hydrogens is 129 g/mol. The summed E-state index contributed by atoms with van der Waals surface area (Å²) in [6.07, 6.45) is -1.84. The monoisotopic (exact) mass is 135 g/mol. The number of nitrogens with zero attached hydrogens (tertiary/aromatic N) is 1. The Morgan fingerprint density at radius 1 is 1.89 bits per heavy atom. The summed E-state index contributed by atoms with van der Waals surface area (Å²) >= 11 is 0. The van der Waals surface area contributed by atoms with Crippen LogP contribution in [-0.2, 0) is 4.79 Å². The van der Waals surface area contributed by atoms with E-state index in [4.69, 9.17) is 10.3 Å². The Hall–Kier alpha value is -1.13. The molecule has 5 heteroatoms. The third kappa shape index (κ3) is 4.73. The van der Waals surface area contributed by atoms with Crippen LogP contribution in [0.15, 0.2) is 5.16 Å². The Balaban J connectivity index is 3.50. The quantitative estimate of drug-likeness (QED) is 0.331. The Labute approximate surface area is 50.6 Å². The van der Waals surface area contributed by atoms with Gasteiger partial charge in [0.05, 0.1) is 12.6 Å². The van der Waals surface area contributed by atoms with Gasteiger partial charge in [0.25, 0.3) is 0 Å². The molecule has 0 aliphatic rings. The zero-order valence-corrected chi connectivity index (χ0v) is 4.49. The maximum Gasteiger partial charge on any atom is 0.306 e. The van der Waals surface area contributed by atoms with Crippen molar-refractivity contribution in [3.8, 4) is 0 Å². The van der Waals surface area contributed by atoms with E-state index < -0.39 is 18.6 Å². The second-order valence-corrected chi connectivity index (χ2v) is 1.38. The molecular formula is C4H6FNO3. The fourth-order valence-corrected chi connectivity index (χ4v) is 0.292. The number of carboxylic acid groups (broad SMARTS) is 1. The average molecular weight is 135 g/mol. The van der Waals surface area contributed by atoms with E-state index in [0.717, 1.165) is 0 Å². The van der Waals surface area contributed by atoms with Crippen LogP contribution in [0.1, 0.15) is 6.42 Å². The number of aliphatic carboxylic acids is 1. The highest BCUT2D eigenvalue weighted by molar-refractivity contribution is 5.74. The van der Waals surface area contributed by atoms with Crippen LogP contribution in [0.25, 0.3) is 0 Å². The number of hydrogen-bond acceptors (Lipinski definition) is 3. The summed E-state index contributed by atoms with van der Waals surface area (Å²) in [6, 6.07) is 0. The second-order valence-electron chi connectivity index (χ2n) is 1.38. The van der Waals surface area contributed by atoms with Crippen molar-refractivity contribution in [3.05, 3.63) is 0 Å². The lowest BCUT2D eigenvalue weighted by atomic mass is 10.3. The summed E-state index contributed by atoms with van der Waals surface area (Å²) in [6.45, 7) is 0. The van der Waals surface area contributed by atoms with Crippen molar-refractivity contribution in [2.24, 2.45) is 5.16 Å². The molecule has 0 amide bonds. The van der Waals surface area contributed by atoms with Crippen LogP contribution in [0, 0.1) is 0 Å². The molecule has 0 bridgehead atoms. The van der Waals surface area contributed by atoms with Gasteiger partial charge < -0.3 is 10.3 Å². The maximum absolute atomic E-state index is 12.0. The van der Waals surface area contributed by atoms with Crippen molar-refractivity contribution in [2.75, 3.05) is 0 Å². The smallest absolute Gasteiger partial charge is 0.306 e. The zero-order chi connectivity index (χ0) is 7.28. The highest BCUT2D eigenvalue weighted by atomic mass is 19.1. The van der Waals surface area contributed by atoms with Gasteiger partial charge in [-0.05, 0) is 0 Å². The van der Waals surface area contributed by atoms with Gasteiger partial charge in [0, 0.05) is 0 Å². The van der Waals surface area contributed by atoms with Gasteiger partial charge in [-0.15, -0.1) is 0 Å². The van der Waals surface area contributed by atoms with Crippen LogP contribution in [0.2, 0.25) is 0 Å². The number of carboxylic acids is 1. The normalized spacial score (nSPS) is 13.9. The fraction of sp³-hybridized carbons (Fsp3) is 0.500. The van der Waals surface area contributed by atoms with Gasteiger partial charge in [0.15, 0.2) is 0 Å². The third-order valence-corrected chi connectivity index (χ3v) is 0.598. The van der Waals surface area contributed by atoms with Crippen molar-refractivity contribution in [2.45, 2.75) is 12.6 Å². The van der Waals surface area contributed by atoms with Gasteiger partial charge in [-0.2, -0.15) is 0 Å². The molecule has 0 aromatic carbocycles. The summed E-state index contributed by atoms with van der Waals surface area (Å²) in [4.78, 5) is 9.70. The summed E-state index contributed by atoms with van der Waals surface area (Å²) < 4.78 is 12.0. The van der Waals surface area contributed by atoms with E-state index in [9.17, 15) is 9.18 Å². The average Bonchev–Trinajstić information content (AvgIpc) is 1.63. The number of oxime groups is 1. The molecule has 2 N–H and O–H groups in total. The largest absolute Gasteiger partial charge is 0.481 e. The SMILES string of the molecule is O=C(O)CC(F)C=NO. The minimum atomic E-state index is -1.70. The molecule has 0 aromatic rings. The number of alkyl halides is 1. The molecule has 0 saturated carbocycles. The molecule has 0 aromatic heterocycles. The van der Waals surface area contributed by atoms with Crippen LogP contribution in [0.3, 0.4) is 0 Å². The maximum atomic E-state index is 12.0. The predicted molar refractivity (Wildman–Crippen MR) is 27.4 cm³/mol. The molecule has 0 fully saturated rings. The molecule has 0 saturated heterocycles. The summed E-state index contributed by atoms with van der Waals surface area (Å²) in [5, 5.41) is 17.9. The highest BCUT2D eigenvalue weighted by Crippen LogP contribution is 1.92. The molecule has 0 aliphatic heterocycles. The Morgan fingerprint density at radius 2 is 2.44 bits per heavy atom. The standard InChI is InChI=1S/C4H6FNO3/c5-3(2-6-9)1-4(7)8/h2-3,9H,1H2,(H,7,8). The minimum Gasteiger partial charge on any atom is -0.481 e. The summed E-state index contributed by atoms with van der Waals surface area (Å²) in [5.41, 5.74) is 0. The van der Waals surface area contributed by atoms with E-state index >= 15 is 0 Å². The third-order valence-electron chi connectivity index (χ3n) is 0.598. The first kappa shape index (κ1) is 7.87. The predicted octanol–water partition coefficient (Wildman–Crippen LogP) is 0.259. The van der Waals surface area contributed by atoms with E-state index in [2.05, 4.69) is 5.16 Å². The molecule has 9 heavy (non-hydrogen) atoms. The van der Waals surface area contributed by atoms with Gasteiger partial charge in [0.1, 0.15) is 6.17 Å². The molecule has 0 spiro atoms. The fourth-order valence-electron chi connectivity index (χ4n) is 0.292. The Kier molecular flexibility index (Phi) is 3.34. The van der Waals surface area contributed by atoms with Crippen LogP contribution in [0.4, 0.5) is 4.39 Å².